The van der Waals surface area contributed by atoms with Gasteiger partial charge in [-0.05, 0) is 37.8 Å². The Bertz CT molecular complexity index is 460. The van der Waals surface area contributed by atoms with Crippen molar-refractivity contribution in [2.45, 2.75) is 71.0 Å². The molecule has 1 aliphatic heterocycles. The summed E-state index contributed by atoms with van der Waals surface area (Å²) in [6, 6.07) is 4.84. The van der Waals surface area contributed by atoms with Crippen LogP contribution in [-0.2, 0) is 6.54 Å². The van der Waals surface area contributed by atoms with E-state index in [1.165, 1.54) is 38.6 Å². The van der Waals surface area contributed by atoms with Gasteiger partial charge in [0.2, 0.25) is 0 Å². The molecule has 21 heavy (non-hydrogen) atoms. The molecule has 1 saturated heterocycles. The van der Waals surface area contributed by atoms with E-state index >= 15 is 0 Å². The molecule has 1 aliphatic carbocycles. The summed E-state index contributed by atoms with van der Waals surface area (Å²) < 4.78 is 5.83. The van der Waals surface area contributed by atoms with Crippen LogP contribution in [0.3, 0.4) is 0 Å². The Morgan fingerprint density at radius 2 is 2.05 bits per heavy atom. The van der Waals surface area contributed by atoms with Gasteiger partial charge >= 0.3 is 0 Å². The summed E-state index contributed by atoms with van der Waals surface area (Å²) >= 11 is 0. The van der Waals surface area contributed by atoms with Crippen LogP contribution in [0, 0.1) is 12.8 Å². The SMILES string of the molecule is Cc1ccc(CN2CC3(CCCCC3)NCC2C(C)C)o1. The van der Waals surface area contributed by atoms with Crippen molar-refractivity contribution in [2.24, 2.45) is 5.92 Å². The molecule has 2 fully saturated rings. The maximum Gasteiger partial charge on any atom is 0.118 e. The van der Waals surface area contributed by atoms with Crippen molar-refractivity contribution in [3.05, 3.63) is 23.7 Å². The lowest BCUT2D eigenvalue weighted by Gasteiger charge is -2.50. The maximum absolute atomic E-state index is 5.83. The molecular formula is C18H30N2O. The van der Waals surface area contributed by atoms with Crippen molar-refractivity contribution in [3.8, 4) is 0 Å². The number of furan rings is 1. The zero-order chi connectivity index (χ0) is 14.9. The molecule has 1 aromatic heterocycles. The van der Waals surface area contributed by atoms with Crippen LogP contribution in [-0.4, -0.2) is 29.6 Å². The fraction of sp³-hybridized carbons (Fsp3) is 0.778. The highest BCUT2D eigenvalue weighted by atomic mass is 16.3. The van der Waals surface area contributed by atoms with Gasteiger partial charge < -0.3 is 9.73 Å². The molecule has 2 heterocycles. The first-order valence-electron chi connectivity index (χ1n) is 8.62. The van der Waals surface area contributed by atoms with E-state index in [0.29, 0.717) is 17.5 Å². The van der Waals surface area contributed by atoms with Gasteiger partial charge in [0.05, 0.1) is 6.54 Å². The summed E-state index contributed by atoms with van der Waals surface area (Å²) in [7, 11) is 0. The number of nitrogens with zero attached hydrogens (tertiary/aromatic N) is 1. The topological polar surface area (TPSA) is 28.4 Å². The molecule has 1 aromatic rings. The van der Waals surface area contributed by atoms with Crippen LogP contribution in [0.2, 0.25) is 0 Å². The first-order valence-corrected chi connectivity index (χ1v) is 8.62. The van der Waals surface area contributed by atoms with Gasteiger partial charge in [0.15, 0.2) is 0 Å². The van der Waals surface area contributed by atoms with Crippen molar-refractivity contribution in [1.29, 1.82) is 0 Å². The van der Waals surface area contributed by atoms with Crippen LogP contribution in [0.4, 0.5) is 0 Å². The quantitative estimate of drug-likeness (QED) is 0.919. The smallest absolute Gasteiger partial charge is 0.118 e. The summed E-state index contributed by atoms with van der Waals surface area (Å²) in [6.07, 6.45) is 6.85. The van der Waals surface area contributed by atoms with Crippen LogP contribution >= 0.6 is 0 Å². The van der Waals surface area contributed by atoms with Crippen molar-refractivity contribution in [3.63, 3.8) is 0 Å². The Balaban J connectivity index is 1.74. The normalized spacial score (nSPS) is 26.6. The van der Waals surface area contributed by atoms with Crippen molar-refractivity contribution < 1.29 is 4.42 Å². The predicted octanol–water partition coefficient (Wildman–Crippen LogP) is 3.72. The zero-order valence-electron chi connectivity index (χ0n) is 13.8. The highest BCUT2D eigenvalue weighted by Crippen LogP contribution is 2.33. The van der Waals surface area contributed by atoms with E-state index in [4.69, 9.17) is 4.42 Å². The second-order valence-corrected chi connectivity index (χ2v) is 7.45. The third-order valence-corrected chi connectivity index (χ3v) is 5.40. The number of rotatable bonds is 3. The standard InChI is InChI=1S/C18H30N2O/c1-14(2)17-11-19-18(9-5-4-6-10-18)13-20(17)12-16-8-7-15(3)21-16/h7-8,14,17,19H,4-6,9-13H2,1-3H3. The number of piperazine rings is 1. The molecule has 1 N–H and O–H groups in total. The summed E-state index contributed by atoms with van der Waals surface area (Å²) in [5.41, 5.74) is 0.366. The Morgan fingerprint density at radius 1 is 1.29 bits per heavy atom. The van der Waals surface area contributed by atoms with E-state index in [1.807, 2.05) is 6.92 Å². The first kappa shape index (κ1) is 15.1. The van der Waals surface area contributed by atoms with Gasteiger partial charge in [-0.25, -0.2) is 0 Å². The Labute approximate surface area is 129 Å². The third kappa shape index (κ3) is 3.35. The van der Waals surface area contributed by atoms with E-state index in [0.717, 1.165) is 24.6 Å². The molecule has 0 amide bonds. The molecule has 1 atom stereocenters. The lowest BCUT2D eigenvalue weighted by atomic mass is 9.78. The second-order valence-electron chi connectivity index (χ2n) is 7.45. The predicted molar refractivity (Wildman–Crippen MR) is 86.3 cm³/mol. The Hall–Kier alpha value is -0.800. The van der Waals surface area contributed by atoms with Crippen LogP contribution in [0.5, 0.6) is 0 Å². The van der Waals surface area contributed by atoms with Crippen LogP contribution in [0.15, 0.2) is 16.5 Å². The average molecular weight is 290 g/mol. The number of hydrogen-bond acceptors (Lipinski definition) is 3. The van der Waals surface area contributed by atoms with Crippen molar-refractivity contribution in [1.82, 2.24) is 10.2 Å². The molecular weight excluding hydrogens is 260 g/mol. The number of aryl methyl sites for hydroxylation is 1. The van der Waals surface area contributed by atoms with E-state index in [-0.39, 0.29) is 0 Å². The zero-order valence-corrected chi connectivity index (χ0v) is 13.8. The molecule has 1 unspecified atom stereocenters. The minimum absolute atomic E-state index is 0.366. The second kappa shape index (κ2) is 6.13. The van der Waals surface area contributed by atoms with Gasteiger partial charge in [0.25, 0.3) is 0 Å². The van der Waals surface area contributed by atoms with Gasteiger partial charge in [-0.2, -0.15) is 0 Å². The minimum Gasteiger partial charge on any atom is -0.465 e. The maximum atomic E-state index is 5.83. The van der Waals surface area contributed by atoms with Gasteiger partial charge in [-0.3, -0.25) is 4.90 Å². The fourth-order valence-corrected chi connectivity index (χ4v) is 4.18. The van der Waals surface area contributed by atoms with Crippen LogP contribution in [0.25, 0.3) is 0 Å². The summed E-state index contributed by atoms with van der Waals surface area (Å²) in [6.45, 7) is 9.97. The molecule has 3 heteroatoms. The van der Waals surface area contributed by atoms with E-state index in [2.05, 4.69) is 36.2 Å². The molecule has 1 spiro atoms. The number of nitrogens with one attached hydrogen (secondary N) is 1. The molecule has 118 valence electrons. The van der Waals surface area contributed by atoms with Crippen LogP contribution in [0.1, 0.15) is 57.5 Å². The average Bonchev–Trinajstić information content (AvgIpc) is 2.85. The van der Waals surface area contributed by atoms with Gasteiger partial charge in [0, 0.05) is 24.7 Å². The van der Waals surface area contributed by atoms with Gasteiger partial charge in [-0.15, -0.1) is 0 Å². The summed E-state index contributed by atoms with van der Waals surface area (Å²) in [4.78, 5) is 2.67. The molecule has 0 radical (unpaired) electrons. The van der Waals surface area contributed by atoms with Crippen molar-refractivity contribution >= 4 is 0 Å². The van der Waals surface area contributed by atoms with Gasteiger partial charge in [0.1, 0.15) is 11.5 Å². The monoisotopic (exact) mass is 290 g/mol. The number of hydrogen-bond donors (Lipinski definition) is 1. The lowest BCUT2D eigenvalue weighted by Crippen LogP contribution is -2.65. The van der Waals surface area contributed by atoms with E-state index in [1.54, 1.807) is 0 Å². The molecule has 3 nitrogen and oxygen atoms in total. The molecule has 0 aromatic carbocycles. The Kier molecular flexibility index (Phi) is 4.41. The van der Waals surface area contributed by atoms with Crippen LogP contribution < -0.4 is 5.32 Å². The fourth-order valence-electron chi connectivity index (χ4n) is 4.18. The molecule has 1 saturated carbocycles. The molecule has 3 rings (SSSR count). The minimum atomic E-state index is 0.366. The highest BCUT2D eigenvalue weighted by Gasteiger charge is 2.40. The summed E-state index contributed by atoms with van der Waals surface area (Å²) in [5.74, 6) is 2.81. The largest absolute Gasteiger partial charge is 0.465 e. The van der Waals surface area contributed by atoms with Crippen molar-refractivity contribution in [2.75, 3.05) is 13.1 Å². The van der Waals surface area contributed by atoms with E-state index < -0.39 is 0 Å². The third-order valence-electron chi connectivity index (χ3n) is 5.40. The molecule has 2 aliphatic rings. The Morgan fingerprint density at radius 3 is 2.67 bits per heavy atom. The lowest BCUT2D eigenvalue weighted by molar-refractivity contribution is 0.0266. The first-order chi connectivity index (χ1) is 10.1. The molecule has 0 bridgehead atoms. The summed E-state index contributed by atoms with van der Waals surface area (Å²) in [5, 5.41) is 3.91. The van der Waals surface area contributed by atoms with E-state index in [9.17, 15) is 0 Å². The van der Waals surface area contributed by atoms with Gasteiger partial charge in [-0.1, -0.05) is 33.1 Å². The highest BCUT2D eigenvalue weighted by molar-refractivity contribution is 5.07.